The summed E-state index contributed by atoms with van der Waals surface area (Å²) in [5.41, 5.74) is -2.50. The van der Waals surface area contributed by atoms with Gasteiger partial charge >= 0.3 is 6.09 Å². The third-order valence-corrected chi connectivity index (χ3v) is 3.35. The molecule has 0 spiro atoms. The Morgan fingerprint density at radius 3 is 2.50 bits per heavy atom. The molecule has 2 atom stereocenters. The van der Waals surface area contributed by atoms with E-state index in [1.54, 1.807) is 26.8 Å². The number of carbonyl (C=O) groups excluding carboxylic acids is 1. The maximum atomic E-state index is 12.4. The molecule has 1 aliphatic rings. The normalized spacial score (nSPS) is 25.1. The predicted octanol–water partition coefficient (Wildman–Crippen LogP) is 2.69. The molecular weight excluding hydrogens is 258 g/mol. The fourth-order valence-electron chi connectivity index (χ4n) is 2.35. The summed E-state index contributed by atoms with van der Waals surface area (Å²) in [6.07, 6.45) is 1.53. The Morgan fingerprint density at radius 1 is 1.50 bits per heavy atom. The first-order chi connectivity index (χ1) is 8.91. The molecule has 0 aromatic rings. The standard InChI is InChI=1S/C15H27NO4/c1-8-9-15(7,18)11-10-19-14(5,6)16(11)12(17)20-13(2,3)4/h8,11,18H,1,9-10H2,2-7H3/t11-,15-/m0/s1. The van der Waals surface area contributed by atoms with Crippen LogP contribution in [0, 0.1) is 0 Å². The van der Waals surface area contributed by atoms with Crippen LogP contribution in [0.25, 0.3) is 0 Å². The molecule has 5 heteroatoms. The molecule has 0 aromatic carbocycles. The lowest BCUT2D eigenvalue weighted by Crippen LogP contribution is -2.57. The van der Waals surface area contributed by atoms with Gasteiger partial charge in [-0.15, -0.1) is 6.58 Å². The Hall–Kier alpha value is -1.07. The van der Waals surface area contributed by atoms with Crippen LogP contribution in [0.1, 0.15) is 48.0 Å². The minimum atomic E-state index is -1.10. The van der Waals surface area contributed by atoms with Crippen LogP contribution in [0.15, 0.2) is 12.7 Å². The number of amides is 1. The predicted molar refractivity (Wildman–Crippen MR) is 77.3 cm³/mol. The SMILES string of the molecule is C=CC[C@](C)(O)[C@@H]1COC(C)(C)N1C(=O)OC(C)(C)C. The van der Waals surface area contributed by atoms with Gasteiger partial charge in [0.25, 0.3) is 0 Å². The highest BCUT2D eigenvalue weighted by Gasteiger charge is 2.51. The van der Waals surface area contributed by atoms with E-state index in [9.17, 15) is 9.90 Å². The maximum absolute atomic E-state index is 12.4. The second-order valence-corrected chi connectivity index (χ2v) is 6.97. The smallest absolute Gasteiger partial charge is 0.413 e. The average Bonchev–Trinajstić information content (AvgIpc) is 2.51. The van der Waals surface area contributed by atoms with Crippen LogP contribution >= 0.6 is 0 Å². The summed E-state index contributed by atoms with van der Waals surface area (Å²) < 4.78 is 11.1. The van der Waals surface area contributed by atoms with Crippen molar-refractivity contribution in [1.29, 1.82) is 0 Å². The minimum absolute atomic E-state index is 0.271. The molecule has 1 fully saturated rings. The largest absolute Gasteiger partial charge is 0.444 e. The summed E-state index contributed by atoms with van der Waals surface area (Å²) in [6.45, 7) is 14.6. The number of nitrogens with zero attached hydrogens (tertiary/aromatic N) is 1. The zero-order valence-corrected chi connectivity index (χ0v) is 13.4. The van der Waals surface area contributed by atoms with E-state index in [1.165, 1.54) is 4.90 Å². The van der Waals surface area contributed by atoms with Crippen LogP contribution in [-0.2, 0) is 9.47 Å². The lowest BCUT2D eigenvalue weighted by molar-refractivity contribution is -0.0781. The summed E-state index contributed by atoms with van der Waals surface area (Å²) in [5.74, 6) is 0. The second-order valence-electron chi connectivity index (χ2n) is 6.97. The summed E-state index contributed by atoms with van der Waals surface area (Å²) >= 11 is 0. The molecule has 1 N–H and O–H groups in total. The van der Waals surface area contributed by atoms with Crippen LogP contribution in [0.3, 0.4) is 0 Å². The fraction of sp³-hybridized carbons (Fsp3) is 0.800. The van der Waals surface area contributed by atoms with Gasteiger partial charge in [0.05, 0.1) is 18.2 Å². The number of carbonyl (C=O) groups is 1. The highest BCUT2D eigenvalue weighted by Crippen LogP contribution is 2.35. The van der Waals surface area contributed by atoms with Gasteiger partial charge < -0.3 is 14.6 Å². The van der Waals surface area contributed by atoms with Gasteiger partial charge in [-0.3, -0.25) is 4.90 Å². The van der Waals surface area contributed by atoms with Gasteiger partial charge in [-0.05, 0) is 48.0 Å². The average molecular weight is 285 g/mol. The van der Waals surface area contributed by atoms with E-state index in [1.807, 2.05) is 20.8 Å². The fourth-order valence-corrected chi connectivity index (χ4v) is 2.35. The molecular formula is C15H27NO4. The minimum Gasteiger partial charge on any atom is -0.444 e. The molecule has 5 nitrogen and oxygen atoms in total. The molecule has 116 valence electrons. The molecule has 0 unspecified atom stereocenters. The summed E-state index contributed by atoms with van der Waals surface area (Å²) in [4.78, 5) is 13.9. The number of hydrogen-bond acceptors (Lipinski definition) is 4. The van der Waals surface area contributed by atoms with Crippen molar-refractivity contribution >= 4 is 6.09 Å². The van der Waals surface area contributed by atoms with Crippen molar-refractivity contribution in [1.82, 2.24) is 4.90 Å². The number of aliphatic hydroxyl groups is 1. The molecule has 0 bridgehead atoms. The first-order valence-corrected chi connectivity index (χ1v) is 6.90. The van der Waals surface area contributed by atoms with E-state index in [4.69, 9.17) is 9.47 Å². The van der Waals surface area contributed by atoms with E-state index < -0.39 is 29.1 Å². The van der Waals surface area contributed by atoms with E-state index in [0.717, 1.165) is 0 Å². The first-order valence-electron chi connectivity index (χ1n) is 6.90. The first kappa shape index (κ1) is 17.0. The molecule has 1 saturated heterocycles. The van der Waals surface area contributed by atoms with Gasteiger partial charge in [0.1, 0.15) is 11.3 Å². The van der Waals surface area contributed by atoms with Gasteiger partial charge in [0.2, 0.25) is 0 Å². The number of ether oxygens (including phenoxy) is 2. The van der Waals surface area contributed by atoms with Crippen molar-refractivity contribution in [2.45, 2.75) is 70.9 Å². The van der Waals surface area contributed by atoms with Gasteiger partial charge in [-0.25, -0.2) is 4.79 Å². The molecule has 20 heavy (non-hydrogen) atoms. The van der Waals surface area contributed by atoms with Crippen LogP contribution in [0.2, 0.25) is 0 Å². The molecule has 0 saturated carbocycles. The quantitative estimate of drug-likeness (QED) is 0.810. The van der Waals surface area contributed by atoms with E-state index >= 15 is 0 Å². The highest BCUT2D eigenvalue weighted by molar-refractivity contribution is 5.70. The summed E-state index contributed by atoms with van der Waals surface area (Å²) in [6, 6.07) is -0.467. The number of rotatable bonds is 3. The van der Waals surface area contributed by atoms with Gasteiger partial charge in [-0.1, -0.05) is 6.08 Å². The summed E-state index contributed by atoms with van der Waals surface area (Å²) in [5, 5.41) is 10.6. The summed E-state index contributed by atoms with van der Waals surface area (Å²) in [7, 11) is 0. The zero-order valence-electron chi connectivity index (χ0n) is 13.4. The third kappa shape index (κ3) is 3.73. The van der Waals surface area contributed by atoms with Crippen molar-refractivity contribution in [2.24, 2.45) is 0 Å². The van der Waals surface area contributed by atoms with Crippen LogP contribution in [-0.4, -0.2) is 45.7 Å². The molecule has 1 rings (SSSR count). The maximum Gasteiger partial charge on any atom is 0.413 e. The van der Waals surface area contributed by atoms with Gasteiger partial charge in [0, 0.05) is 0 Å². The molecule has 1 aliphatic heterocycles. The second kappa shape index (κ2) is 5.37. The molecule has 0 aromatic heterocycles. The van der Waals surface area contributed by atoms with Gasteiger partial charge in [0.15, 0.2) is 0 Å². The lowest BCUT2D eigenvalue weighted by atomic mass is 9.92. The Morgan fingerprint density at radius 2 is 2.05 bits per heavy atom. The topological polar surface area (TPSA) is 59.0 Å². The Bertz CT molecular complexity index is 382. The molecule has 1 amide bonds. The monoisotopic (exact) mass is 285 g/mol. The molecule has 0 radical (unpaired) electrons. The lowest BCUT2D eigenvalue weighted by Gasteiger charge is -2.40. The Kier molecular flexibility index (Phi) is 4.56. The van der Waals surface area contributed by atoms with Crippen LogP contribution < -0.4 is 0 Å². The van der Waals surface area contributed by atoms with Crippen LogP contribution in [0.4, 0.5) is 4.79 Å². The van der Waals surface area contributed by atoms with Crippen molar-refractivity contribution in [2.75, 3.05) is 6.61 Å². The van der Waals surface area contributed by atoms with Crippen molar-refractivity contribution in [3.63, 3.8) is 0 Å². The van der Waals surface area contributed by atoms with Crippen molar-refractivity contribution in [3.8, 4) is 0 Å². The van der Waals surface area contributed by atoms with Crippen molar-refractivity contribution in [3.05, 3.63) is 12.7 Å². The Labute approximate surface area is 121 Å². The van der Waals surface area contributed by atoms with Crippen molar-refractivity contribution < 1.29 is 19.4 Å². The third-order valence-electron chi connectivity index (χ3n) is 3.35. The highest BCUT2D eigenvalue weighted by atomic mass is 16.6. The number of hydrogen-bond donors (Lipinski definition) is 1. The molecule has 1 heterocycles. The Balaban J connectivity index is 3.02. The van der Waals surface area contributed by atoms with E-state index in [2.05, 4.69) is 6.58 Å². The molecule has 0 aliphatic carbocycles. The van der Waals surface area contributed by atoms with E-state index in [-0.39, 0.29) is 6.61 Å². The van der Waals surface area contributed by atoms with Gasteiger partial charge in [-0.2, -0.15) is 0 Å². The van der Waals surface area contributed by atoms with E-state index in [0.29, 0.717) is 6.42 Å². The van der Waals surface area contributed by atoms with Crippen LogP contribution in [0.5, 0.6) is 0 Å². The zero-order chi connectivity index (χ0) is 15.8.